The summed E-state index contributed by atoms with van der Waals surface area (Å²) in [6.07, 6.45) is -3.90. The lowest BCUT2D eigenvalue weighted by Gasteiger charge is -2.31. The summed E-state index contributed by atoms with van der Waals surface area (Å²) in [6, 6.07) is 9.43. The summed E-state index contributed by atoms with van der Waals surface area (Å²) in [6.45, 7) is 2.68. The fourth-order valence-electron chi connectivity index (χ4n) is 3.28. The molecule has 0 aliphatic carbocycles. The molecule has 1 unspecified atom stereocenters. The van der Waals surface area contributed by atoms with E-state index in [0.29, 0.717) is 28.2 Å². The van der Waals surface area contributed by atoms with Crippen LogP contribution >= 0.6 is 0 Å². The zero-order chi connectivity index (χ0) is 26.4. The minimum absolute atomic E-state index is 0.0404. The van der Waals surface area contributed by atoms with E-state index in [1.165, 1.54) is 25.0 Å². The minimum atomic E-state index is -4.70. The van der Waals surface area contributed by atoms with E-state index in [0.717, 1.165) is 18.4 Å². The van der Waals surface area contributed by atoms with Crippen LogP contribution in [0.15, 0.2) is 48.5 Å². The van der Waals surface area contributed by atoms with Gasteiger partial charge in [0.1, 0.15) is 18.3 Å². The fraction of sp³-hybridized carbons (Fsp3) is 0.391. The predicted octanol–water partition coefficient (Wildman–Crippen LogP) is 3.03. The van der Waals surface area contributed by atoms with Crippen molar-refractivity contribution >= 4 is 27.5 Å². The highest BCUT2D eigenvalue weighted by Gasteiger charge is 2.33. The molecule has 2 rings (SSSR count). The van der Waals surface area contributed by atoms with E-state index in [1.54, 1.807) is 31.2 Å². The molecule has 0 heterocycles. The second-order valence-electron chi connectivity index (χ2n) is 7.76. The Balaban J connectivity index is 2.42. The number of methoxy groups -OCH3 is 1. The van der Waals surface area contributed by atoms with Gasteiger partial charge in [-0.1, -0.05) is 18.2 Å². The van der Waals surface area contributed by atoms with Crippen LogP contribution in [0.5, 0.6) is 5.75 Å². The highest BCUT2D eigenvalue weighted by atomic mass is 32.2. The summed E-state index contributed by atoms with van der Waals surface area (Å²) in [5.74, 6) is -0.641. The van der Waals surface area contributed by atoms with Crippen molar-refractivity contribution < 1.29 is 35.9 Å². The van der Waals surface area contributed by atoms with Crippen LogP contribution in [0.3, 0.4) is 0 Å². The number of ether oxygens (including phenoxy) is 1. The maximum atomic E-state index is 13.3. The summed E-state index contributed by atoms with van der Waals surface area (Å²) in [5, 5.41) is 2.61. The fourth-order valence-corrected chi connectivity index (χ4v) is 4.12. The first-order chi connectivity index (χ1) is 16.3. The Labute approximate surface area is 202 Å². The maximum Gasteiger partial charge on any atom is 0.416 e. The van der Waals surface area contributed by atoms with E-state index in [-0.39, 0.29) is 12.2 Å². The molecule has 0 fully saturated rings. The quantitative estimate of drug-likeness (QED) is 0.525. The Hall–Kier alpha value is -3.28. The number of alkyl halides is 3. The molecular formula is C23H28F3N3O5S. The zero-order valence-corrected chi connectivity index (χ0v) is 20.6. The van der Waals surface area contributed by atoms with Crippen molar-refractivity contribution in [3.8, 4) is 5.75 Å². The molecule has 1 atom stereocenters. The summed E-state index contributed by atoms with van der Waals surface area (Å²) in [4.78, 5) is 27.0. The molecule has 192 valence electrons. The molecule has 0 aromatic heterocycles. The molecule has 0 spiro atoms. The number of likely N-dealkylation sites (N-methyl/N-ethyl adjacent to an activating group) is 1. The highest BCUT2D eigenvalue weighted by molar-refractivity contribution is 7.92. The first-order valence-electron chi connectivity index (χ1n) is 10.6. The SMILES string of the molecule is CCNC(=O)C(C)N(Cc1ccc(OC)cc1)C(=O)CN(c1cccc(C(F)(F)F)c1)S(C)(=O)=O. The van der Waals surface area contributed by atoms with Crippen LogP contribution in [0.25, 0.3) is 0 Å². The van der Waals surface area contributed by atoms with Gasteiger partial charge in [0.2, 0.25) is 21.8 Å². The van der Waals surface area contributed by atoms with Crippen molar-refractivity contribution in [2.75, 3.05) is 30.8 Å². The van der Waals surface area contributed by atoms with Gasteiger partial charge in [0.15, 0.2) is 0 Å². The van der Waals surface area contributed by atoms with Crippen molar-refractivity contribution in [2.24, 2.45) is 0 Å². The van der Waals surface area contributed by atoms with Gasteiger partial charge in [-0.15, -0.1) is 0 Å². The number of hydrogen-bond donors (Lipinski definition) is 1. The highest BCUT2D eigenvalue weighted by Crippen LogP contribution is 2.32. The summed E-state index contributed by atoms with van der Waals surface area (Å²) in [5.41, 5.74) is -0.729. The molecule has 35 heavy (non-hydrogen) atoms. The summed E-state index contributed by atoms with van der Waals surface area (Å²) >= 11 is 0. The van der Waals surface area contributed by atoms with Crippen LogP contribution in [0.2, 0.25) is 0 Å². The normalized spacial score (nSPS) is 12.5. The number of amides is 2. The number of rotatable bonds is 10. The Bertz CT molecular complexity index is 1140. The van der Waals surface area contributed by atoms with Crippen molar-refractivity contribution in [2.45, 2.75) is 32.6 Å². The smallest absolute Gasteiger partial charge is 0.416 e. The number of hydrogen-bond acceptors (Lipinski definition) is 5. The summed E-state index contributed by atoms with van der Waals surface area (Å²) < 4.78 is 70.2. The van der Waals surface area contributed by atoms with Gasteiger partial charge in [-0.25, -0.2) is 8.42 Å². The van der Waals surface area contributed by atoms with E-state index in [2.05, 4.69) is 5.32 Å². The van der Waals surface area contributed by atoms with Crippen LogP contribution in [-0.4, -0.2) is 57.6 Å². The Morgan fingerprint density at radius 1 is 1.11 bits per heavy atom. The average Bonchev–Trinajstić information content (AvgIpc) is 2.79. The third-order valence-corrected chi connectivity index (χ3v) is 6.31. The molecule has 2 amide bonds. The van der Waals surface area contributed by atoms with Gasteiger partial charge in [-0.05, 0) is 49.7 Å². The van der Waals surface area contributed by atoms with Crippen LogP contribution in [0, 0.1) is 0 Å². The average molecular weight is 516 g/mol. The molecule has 12 heteroatoms. The van der Waals surface area contributed by atoms with Crippen LogP contribution in [0.1, 0.15) is 25.0 Å². The first-order valence-corrected chi connectivity index (χ1v) is 12.5. The number of nitrogens with one attached hydrogen (secondary N) is 1. The maximum absolute atomic E-state index is 13.3. The topological polar surface area (TPSA) is 96.0 Å². The molecule has 0 aliphatic rings. The third-order valence-electron chi connectivity index (χ3n) is 5.17. The second-order valence-corrected chi connectivity index (χ2v) is 9.66. The Morgan fingerprint density at radius 2 is 1.74 bits per heavy atom. The third kappa shape index (κ3) is 7.61. The van der Waals surface area contributed by atoms with Gasteiger partial charge in [0.05, 0.1) is 24.6 Å². The number of anilines is 1. The molecule has 2 aromatic rings. The number of sulfonamides is 1. The Morgan fingerprint density at radius 3 is 2.26 bits per heavy atom. The zero-order valence-electron chi connectivity index (χ0n) is 19.8. The molecule has 0 aliphatic heterocycles. The van der Waals surface area contributed by atoms with E-state index in [4.69, 9.17) is 4.74 Å². The van der Waals surface area contributed by atoms with Crippen LogP contribution in [0.4, 0.5) is 18.9 Å². The van der Waals surface area contributed by atoms with E-state index in [1.807, 2.05) is 0 Å². The molecule has 0 radical (unpaired) electrons. The van der Waals surface area contributed by atoms with Gasteiger partial charge >= 0.3 is 6.18 Å². The van der Waals surface area contributed by atoms with Gasteiger partial charge < -0.3 is 15.0 Å². The number of benzene rings is 2. The lowest BCUT2D eigenvalue weighted by atomic mass is 10.1. The molecular weight excluding hydrogens is 487 g/mol. The molecule has 1 N–H and O–H groups in total. The number of halogens is 3. The summed E-state index contributed by atoms with van der Waals surface area (Å²) in [7, 11) is -2.65. The van der Waals surface area contributed by atoms with Crippen molar-refractivity contribution in [1.29, 1.82) is 0 Å². The van der Waals surface area contributed by atoms with E-state index < -0.39 is 46.2 Å². The van der Waals surface area contributed by atoms with Gasteiger partial charge in [0, 0.05) is 13.1 Å². The first kappa shape index (κ1) is 28.0. The van der Waals surface area contributed by atoms with Crippen molar-refractivity contribution in [3.63, 3.8) is 0 Å². The number of carbonyl (C=O) groups excluding carboxylic acids is 2. The van der Waals surface area contributed by atoms with Crippen LogP contribution in [-0.2, 0) is 32.3 Å². The minimum Gasteiger partial charge on any atom is -0.497 e. The standard InChI is InChI=1S/C23H28F3N3O5S/c1-5-27-22(31)16(2)28(14-17-9-11-20(34-3)12-10-17)21(30)15-29(35(4,32)33)19-8-6-7-18(13-19)23(24,25)26/h6-13,16H,5,14-15H2,1-4H3,(H,27,31). The lowest BCUT2D eigenvalue weighted by molar-refractivity contribution is -0.139. The Kier molecular flexibility index (Phi) is 9.13. The molecule has 0 saturated carbocycles. The lowest BCUT2D eigenvalue weighted by Crippen LogP contribution is -2.51. The van der Waals surface area contributed by atoms with Crippen LogP contribution < -0.4 is 14.4 Å². The molecule has 2 aromatic carbocycles. The second kappa shape index (κ2) is 11.4. The molecule has 0 saturated heterocycles. The number of carbonyl (C=O) groups is 2. The number of nitrogens with zero attached hydrogens (tertiary/aromatic N) is 2. The van der Waals surface area contributed by atoms with Crippen molar-refractivity contribution in [1.82, 2.24) is 10.2 Å². The van der Waals surface area contributed by atoms with Gasteiger partial charge in [0.25, 0.3) is 0 Å². The van der Waals surface area contributed by atoms with Gasteiger partial charge in [-0.3, -0.25) is 13.9 Å². The molecule has 0 bridgehead atoms. The predicted molar refractivity (Wildman–Crippen MR) is 125 cm³/mol. The molecule has 8 nitrogen and oxygen atoms in total. The largest absolute Gasteiger partial charge is 0.497 e. The van der Waals surface area contributed by atoms with Gasteiger partial charge in [-0.2, -0.15) is 13.2 Å². The van der Waals surface area contributed by atoms with E-state index in [9.17, 15) is 31.2 Å². The monoisotopic (exact) mass is 515 g/mol. The van der Waals surface area contributed by atoms with Crippen molar-refractivity contribution in [3.05, 3.63) is 59.7 Å². The van der Waals surface area contributed by atoms with E-state index >= 15 is 0 Å².